The van der Waals surface area contributed by atoms with Crippen molar-refractivity contribution in [2.45, 2.75) is 19.4 Å². The van der Waals surface area contributed by atoms with Gasteiger partial charge in [-0.25, -0.2) is 4.79 Å². The molecule has 0 saturated heterocycles. The number of rotatable bonds is 5. The molecule has 1 aliphatic rings. The summed E-state index contributed by atoms with van der Waals surface area (Å²) in [6, 6.07) is 9.52. The van der Waals surface area contributed by atoms with Gasteiger partial charge in [0.15, 0.2) is 0 Å². The average Bonchev–Trinajstić information content (AvgIpc) is 2.37. The zero-order valence-electron chi connectivity index (χ0n) is 10.3. The van der Waals surface area contributed by atoms with E-state index in [4.69, 9.17) is 4.74 Å². The van der Waals surface area contributed by atoms with E-state index >= 15 is 0 Å². The Morgan fingerprint density at radius 1 is 1.28 bits per heavy atom. The van der Waals surface area contributed by atoms with Crippen molar-refractivity contribution in [3.05, 3.63) is 35.9 Å². The van der Waals surface area contributed by atoms with Gasteiger partial charge in [-0.15, -0.1) is 0 Å². The lowest BCUT2D eigenvalue weighted by atomic mass is 9.74. The number of hydrogen-bond donors (Lipinski definition) is 1. The van der Waals surface area contributed by atoms with Crippen molar-refractivity contribution in [3.8, 4) is 0 Å². The highest BCUT2D eigenvalue weighted by Gasteiger charge is 2.30. The third kappa shape index (κ3) is 3.45. The Hall–Kier alpha value is -1.58. The number of ether oxygens (including phenoxy) is 1. The lowest BCUT2D eigenvalue weighted by Crippen LogP contribution is -2.38. The van der Waals surface area contributed by atoms with E-state index in [9.17, 15) is 9.18 Å². The molecule has 1 saturated carbocycles. The molecule has 1 aliphatic carbocycles. The lowest BCUT2D eigenvalue weighted by molar-refractivity contribution is 0.114. The van der Waals surface area contributed by atoms with Crippen LogP contribution in [0.3, 0.4) is 0 Å². The number of alkyl carbamates (subject to hydrolysis) is 1. The van der Waals surface area contributed by atoms with Crippen LogP contribution in [0.2, 0.25) is 0 Å². The highest BCUT2D eigenvalue weighted by Crippen LogP contribution is 2.33. The Balaban J connectivity index is 1.64. The fourth-order valence-corrected chi connectivity index (χ4v) is 2.10. The third-order valence-electron chi connectivity index (χ3n) is 3.49. The molecule has 0 aliphatic heterocycles. The number of amides is 1. The van der Waals surface area contributed by atoms with Gasteiger partial charge in [0, 0.05) is 6.54 Å². The maximum Gasteiger partial charge on any atom is 0.407 e. The molecule has 98 valence electrons. The zero-order chi connectivity index (χ0) is 12.8. The highest BCUT2D eigenvalue weighted by molar-refractivity contribution is 5.67. The van der Waals surface area contributed by atoms with E-state index in [1.807, 2.05) is 30.3 Å². The van der Waals surface area contributed by atoms with E-state index in [2.05, 4.69) is 5.32 Å². The third-order valence-corrected chi connectivity index (χ3v) is 3.49. The Labute approximate surface area is 106 Å². The van der Waals surface area contributed by atoms with Crippen molar-refractivity contribution in [1.82, 2.24) is 5.32 Å². The molecule has 4 heteroatoms. The molecule has 0 heterocycles. The second-order valence-electron chi connectivity index (χ2n) is 4.69. The Kier molecular flexibility index (Phi) is 4.56. The minimum atomic E-state index is -0.427. The molecule has 0 spiro atoms. The van der Waals surface area contributed by atoms with E-state index in [1.54, 1.807) is 0 Å². The summed E-state index contributed by atoms with van der Waals surface area (Å²) in [5, 5.41) is 2.69. The SMILES string of the molecule is O=C(NC[C@@H]1CC[C@H]1CF)OCc1ccccc1. The average molecular weight is 251 g/mol. The summed E-state index contributed by atoms with van der Waals surface area (Å²) < 4.78 is 17.5. The number of carbonyl (C=O) groups is 1. The normalized spacial score (nSPS) is 22.1. The molecule has 1 aromatic carbocycles. The van der Waals surface area contributed by atoms with Gasteiger partial charge in [-0.2, -0.15) is 0 Å². The molecule has 3 nitrogen and oxygen atoms in total. The van der Waals surface area contributed by atoms with E-state index in [0.717, 1.165) is 18.4 Å². The monoisotopic (exact) mass is 251 g/mol. The van der Waals surface area contributed by atoms with Crippen LogP contribution in [-0.4, -0.2) is 19.3 Å². The van der Waals surface area contributed by atoms with Gasteiger partial charge < -0.3 is 10.1 Å². The van der Waals surface area contributed by atoms with Gasteiger partial charge in [0.1, 0.15) is 6.61 Å². The molecular formula is C14H18FNO2. The van der Waals surface area contributed by atoms with Crippen LogP contribution < -0.4 is 5.32 Å². The van der Waals surface area contributed by atoms with Gasteiger partial charge in [0.25, 0.3) is 0 Å². The van der Waals surface area contributed by atoms with Gasteiger partial charge in [0.05, 0.1) is 6.67 Å². The number of alkyl halides is 1. The smallest absolute Gasteiger partial charge is 0.407 e. The topological polar surface area (TPSA) is 38.3 Å². The summed E-state index contributed by atoms with van der Waals surface area (Å²) in [5.41, 5.74) is 0.956. The van der Waals surface area contributed by atoms with Crippen LogP contribution in [0.15, 0.2) is 30.3 Å². The van der Waals surface area contributed by atoms with Crippen LogP contribution in [0.5, 0.6) is 0 Å². The van der Waals surface area contributed by atoms with E-state index < -0.39 is 6.09 Å². The minimum Gasteiger partial charge on any atom is -0.445 e. The standard InChI is InChI=1S/C14H18FNO2/c15-8-12-6-7-13(12)9-16-14(17)18-10-11-4-2-1-3-5-11/h1-5,12-13H,6-10H2,(H,16,17)/t12-,13-/m0/s1. The van der Waals surface area contributed by atoms with Crippen molar-refractivity contribution in [2.75, 3.05) is 13.2 Å². The molecule has 18 heavy (non-hydrogen) atoms. The van der Waals surface area contributed by atoms with Crippen LogP contribution in [0.4, 0.5) is 9.18 Å². The second-order valence-corrected chi connectivity index (χ2v) is 4.69. The number of carbonyl (C=O) groups excluding carboxylic acids is 1. The van der Waals surface area contributed by atoms with Crippen molar-refractivity contribution in [1.29, 1.82) is 0 Å². The van der Waals surface area contributed by atoms with Crippen molar-refractivity contribution in [2.24, 2.45) is 11.8 Å². The number of hydrogen-bond acceptors (Lipinski definition) is 2. The summed E-state index contributed by atoms with van der Waals surface area (Å²) in [6.45, 7) is 0.498. The first-order valence-electron chi connectivity index (χ1n) is 6.30. The largest absolute Gasteiger partial charge is 0.445 e. The van der Waals surface area contributed by atoms with Crippen LogP contribution in [0.1, 0.15) is 18.4 Å². The summed E-state index contributed by atoms with van der Waals surface area (Å²) in [6.07, 6.45) is 1.50. The van der Waals surface area contributed by atoms with Crippen LogP contribution >= 0.6 is 0 Å². The second kappa shape index (κ2) is 6.38. The molecular weight excluding hydrogens is 233 g/mol. The molecule has 1 aromatic rings. The van der Waals surface area contributed by atoms with E-state index in [-0.39, 0.29) is 25.1 Å². The van der Waals surface area contributed by atoms with Crippen molar-refractivity contribution < 1.29 is 13.9 Å². The molecule has 1 fully saturated rings. The first kappa shape index (κ1) is 12.9. The molecule has 1 amide bonds. The van der Waals surface area contributed by atoms with Crippen LogP contribution in [-0.2, 0) is 11.3 Å². The molecule has 0 unspecified atom stereocenters. The lowest BCUT2D eigenvalue weighted by Gasteiger charge is -2.34. The quantitative estimate of drug-likeness (QED) is 0.873. The Bertz CT molecular complexity index is 381. The van der Waals surface area contributed by atoms with Gasteiger partial charge in [-0.05, 0) is 30.2 Å². The fraction of sp³-hybridized carbons (Fsp3) is 0.500. The van der Waals surface area contributed by atoms with Gasteiger partial charge in [0.2, 0.25) is 0 Å². The molecule has 0 aromatic heterocycles. The van der Waals surface area contributed by atoms with Crippen molar-refractivity contribution in [3.63, 3.8) is 0 Å². The first-order valence-corrected chi connectivity index (χ1v) is 6.30. The summed E-state index contributed by atoms with van der Waals surface area (Å²) in [4.78, 5) is 11.4. The first-order chi connectivity index (χ1) is 8.79. The van der Waals surface area contributed by atoms with Gasteiger partial charge >= 0.3 is 6.09 Å². The Morgan fingerprint density at radius 3 is 2.61 bits per heavy atom. The molecule has 2 atom stereocenters. The van der Waals surface area contributed by atoms with Crippen LogP contribution in [0.25, 0.3) is 0 Å². The minimum absolute atomic E-state index is 0.124. The predicted molar refractivity (Wildman–Crippen MR) is 66.8 cm³/mol. The molecule has 1 N–H and O–H groups in total. The predicted octanol–water partition coefficient (Wildman–Crippen LogP) is 2.91. The molecule has 2 rings (SSSR count). The summed E-state index contributed by atoms with van der Waals surface area (Å²) >= 11 is 0. The van der Waals surface area contributed by atoms with Crippen molar-refractivity contribution >= 4 is 6.09 Å². The number of nitrogens with one attached hydrogen (secondary N) is 1. The Morgan fingerprint density at radius 2 is 2.00 bits per heavy atom. The fourth-order valence-electron chi connectivity index (χ4n) is 2.10. The molecule has 0 bridgehead atoms. The summed E-state index contributed by atoms with van der Waals surface area (Å²) in [7, 11) is 0. The zero-order valence-corrected chi connectivity index (χ0v) is 10.3. The maximum atomic E-state index is 12.4. The van der Waals surface area contributed by atoms with Gasteiger partial charge in [-0.1, -0.05) is 30.3 Å². The van der Waals surface area contributed by atoms with Gasteiger partial charge in [-0.3, -0.25) is 4.39 Å². The number of halogens is 1. The maximum absolute atomic E-state index is 12.4. The highest BCUT2D eigenvalue weighted by atomic mass is 19.1. The van der Waals surface area contributed by atoms with E-state index in [1.165, 1.54) is 0 Å². The number of benzene rings is 1. The van der Waals surface area contributed by atoms with E-state index in [0.29, 0.717) is 6.54 Å². The van der Waals surface area contributed by atoms with Crippen LogP contribution in [0, 0.1) is 11.8 Å². The summed E-state index contributed by atoms with van der Waals surface area (Å²) in [5.74, 6) is 0.402. The molecule has 0 radical (unpaired) electrons.